The number of imidazole rings is 1. The minimum absolute atomic E-state index is 0.00712. The third-order valence-corrected chi connectivity index (χ3v) is 5.07. The molecule has 1 fully saturated rings. The molecule has 2 atom stereocenters. The Balaban J connectivity index is 1.65. The molecule has 3 heterocycles. The van der Waals surface area contributed by atoms with Gasteiger partial charge in [-0.25, -0.2) is 4.98 Å². The van der Waals surface area contributed by atoms with E-state index in [1.54, 1.807) is 4.90 Å². The zero-order valence-electron chi connectivity index (χ0n) is 15.1. The topological polar surface area (TPSA) is 67.2 Å². The number of aromatic nitrogens is 2. The first-order valence-electron chi connectivity index (χ1n) is 8.90. The highest BCUT2D eigenvalue weighted by molar-refractivity contribution is 5.87. The summed E-state index contributed by atoms with van der Waals surface area (Å²) in [6.07, 6.45) is 5.57. The van der Waals surface area contributed by atoms with Gasteiger partial charge in [-0.3, -0.25) is 9.59 Å². The molecule has 2 aliphatic rings. The maximum Gasteiger partial charge on any atom is 0.243 e. The zero-order chi connectivity index (χ0) is 17.5. The number of carbonyl (C=O) groups excluding carboxylic acids is 2. The van der Waals surface area contributed by atoms with Crippen molar-refractivity contribution in [2.24, 2.45) is 0 Å². The molecule has 0 bridgehead atoms. The van der Waals surface area contributed by atoms with Gasteiger partial charge < -0.3 is 14.8 Å². The van der Waals surface area contributed by atoms with Gasteiger partial charge in [0.1, 0.15) is 11.9 Å². The molecule has 0 unspecified atom stereocenters. The Morgan fingerprint density at radius 1 is 1.29 bits per heavy atom. The lowest BCUT2D eigenvalue weighted by atomic mass is 9.93. The minimum atomic E-state index is -0.295. The van der Waals surface area contributed by atoms with Gasteiger partial charge in [0.25, 0.3) is 0 Å². The summed E-state index contributed by atoms with van der Waals surface area (Å²) in [5.41, 5.74) is 1.14. The van der Waals surface area contributed by atoms with Crippen LogP contribution in [0.15, 0.2) is 6.20 Å². The number of aryl methyl sites for hydroxylation is 1. The third-order valence-electron chi connectivity index (χ3n) is 5.07. The van der Waals surface area contributed by atoms with Gasteiger partial charge in [-0.05, 0) is 19.3 Å². The van der Waals surface area contributed by atoms with Gasteiger partial charge >= 0.3 is 0 Å². The smallest absolute Gasteiger partial charge is 0.243 e. The summed E-state index contributed by atoms with van der Waals surface area (Å²) in [7, 11) is 0. The molecule has 1 saturated heterocycles. The highest BCUT2D eigenvalue weighted by Gasteiger charge is 2.34. The molecule has 24 heavy (non-hydrogen) atoms. The Morgan fingerprint density at radius 2 is 2.04 bits per heavy atom. The summed E-state index contributed by atoms with van der Waals surface area (Å²) in [6.45, 7) is 9.48. The summed E-state index contributed by atoms with van der Waals surface area (Å²) in [4.78, 5) is 30.7. The van der Waals surface area contributed by atoms with Gasteiger partial charge in [0.15, 0.2) is 0 Å². The molecule has 0 aliphatic carbocycles. The average molecular weight is 332 g/mol. The summed E-state index contributed by atoms with van der Waals surface area (Å²) in [5, 5.41) is 3.15. The average Bonchev–Trinajstić information content (AvgIpc) is 3.12. The molecule has 6 heteroatoms. The molecular formula is C18H28N4O2. The standard InChI is InChI=1S/C18H28N4O2/c1-12(23)22-9-5-6-14(22)17(24)19-13-7-8-16-20-15(18(2,3)4)11-21(16)10-13/h11,13-14H,5-10H2,1-4H3,(H,19,24)/t13-,14-/m0/s1. The fraction of sp³-hybridized carbons (Fsp3) is 0.722. The summed E-state index contributed by atoms with van der Waals surface area (Å²) < 4.78 is 2.17. The van der Waals surface area contributed by atoms with Crippen molar-refractivity contribution in [2.45, 2.75) is 77.4 Å². The maximum absolute atomic E-state index is 12.6. The number of nitrogens with zero attached hydrogens (tertiary/aromatic N) is 3. The van der Waals surface area contributed by atoms with Crippen LogP contribution in [-0.4, -0.2) is 44.9 Å². The molecule has 2 amide bonds. The molecule has 6 nitrogen and oxygen atoms in total. The van der Waals surface area contributed by atoms with Gasteiger partial charge in [0.05, 0.1) is 5.69 Å². The van der Waals surface area contributed by atoms with E-state index in [1.165, 1.54) is 6.92 Å². The van der Waals surface area contributed by atoms with Crippen molar-refractivity contribution in [3.63, 3.8) is 0 Å². The molecule has 2 aliphatic heterocycles. The number of rotatable bonds is 2. The Bertz CT molecular complexity index is 644. The Labute approximate surface area is 143 Å². The lowest BCUT2D eigenvalue weighted by molar-refractivity contribution is -0.137. The van der Waals surface area contributed by atoms with E-state index in [9.17, 15) is 9.59 Å². The lowest BCUT2D eigenvalue weighted by Crippen LogP contribution is -2.50. The first-order chi connectivity index (χ1) is 11.3. The fourth-order valence-corrected chi connectivity index (χ4v) is 3.64. The third kappa shape index (κ3) is 3.32. The quantitative estimate of drug-likeness (QED) is 0.895. The number of amides is 2. The number of hydrogen-bond acceptors (Lipinski definition) is 3. The highest BCUT2D eigenvalue weighted by atomic mass is 16.2. The van der Waals surface area contributed by atoms with E-state index in [0.717, 1.165) is 43.7 Å². The normalized spacial score (nSPS) is 23.9. The molecule has 0 radical (unpaired) electrons. The van der Waals surface area contributed by atoms with Crippen molar-refractivity contribution in [1.82, 2.24) is 19.8 Å². The van der Waals surface area contributed by atoms with Gasteiger partial charge in [-0.15, -0.1) is 0 Å². The van der Waals surface area contributed by atoms with Crippen LogP contribution in [0, 0.1) is 0 Å². The molecule has 1 aromatic rings. The first-order valence-corrected chi connectivity index (χ1v) is 8.90. The van der Waals surface area contributed by atoms with Gasteiger partial charge in [-0.1, -0.05) is 20.8 Å². The van der Waals surface area contributed by atoms with E-state index < -0.39 is 0 Å². The van der Waals surface area contributed by atoms with Crippen LogP contribution >= 0.6 is 0 Å². The predicted molar refractivity (Wildman–Crippen MR) is 91.6 cm³/mol. The predicted octanol–water partition coefficient (Wildman–Crippen LogP) is 1.62. The minimum Gasteiger partial charge on any atom is -0.350 e. The van der Waals surface area contributed by atoms with Crippen molar-refractivity contribution in [1.29, 1.82) is 0 Å². The maximum atomic E-state index is 12.6. The van der Waals surface area contributed by atoms with Crippen molar-refractivity contribution in [2.75, 3.05) is 6.54 Å². The van der Waals surface area contributed by atoms with Crippen LogP contribution in [0.25, 0.3) is 0 Å². The van der Waals surface area contributed by atoms with Gasteiger partial charge in [-0.2, -0.15) is 0 Å². The molecule has 0 spiro atoms. The van der Waals surface area contributed by atoms with Crippen LogP contribution in [0.1, 0.15) is 58.5 Å². The summed E-state index contributed by atoms with van der Waals surface area (Å²) >= 11 is 0. The van der Waals surface area contributed by atoms with Crippen molar-refractivity contribution in [3.8, 4) is 0 Å². The van der Waals surface area contributed by atoms with Crippen LogP contribution in [0.4, 0.5) is 0 Å². The monoisotopic (exact) mass is 332 g/mol. The summed E-state index contributed by atoms with van der Waals surface area (Å²) in [6, 6.07) is -0.182. The van der Waals surface area contributed by atoms with Crippen molar-refractivity contribution < 1.29 is 9.59 Å². The Hall–Kier alpha value is -1.85. The number of carbonyl (C=O) groups is 2. The van der Waals surface area contributed by atoms with E-state index in [4.69, 9.17) is 4.98 Å². The van der Waals surface area contributed by atoms with Gasteiger partial charge in [0.2, 0.25) is 11.8 Å². The number of nitrogens with one attached hydrogen (secondary N) is 1. The molecule has 0 aromatic carbocycles. The number of hydrogen-bond donors (Lipinski definition) is 1. The Morgan fingerprint density at radius 3 is 2.71 bits per heavy atom. The second-order valence-electron chi connectivity index (χ2n) is 8.06. The van der Waals surface area contributed by atoms with Gasteiger partial charge in [0, 0.05) is 44.1 Å². The van der Waals surface area contributed by atoms with Crippen LogP contribution in [-0.2, 0) is 28.0 Å². The molecule has 132 valence electrons. The SMILES string of the molecule is CC(=O)N1CCC[C@H]1C(=O)N[C@H]1CCc2nc(C(C)(C)C)cn2C1. The van der Waals surface area contributed by atoms with E-state index in [-0.39, 0.29) is 29.3 Å². The first kappa shape index (κ1) is 17.0. The van der Waals surface area contributed by atoms with Crippen LogP contribution < -0.4 is 5.32 Å². The van der Waals surface area contributed by atoms with Crippen LogP contribution in [0.3, 0.4) is 0 Å². The van der Waals surface area contributed by atoms with E-state index in [1.807, 2.05) is 0 Å². The number of fused-ring (bicyclic) bond motifs is 1. The molecule has 0 saturated carbocycles. The van der Waals surface area contributed by atoms with Crippen molar-refractivity contribution in [3.05, 3.63) is 17.7 Å². The Kier molecular flexibility index (Phi) is 4.40. The zero-order valence-corrected chi connectivity index (χ0v) is 15.1. The molecule has 1 aromatic heterocycles. The largest absolute Gasteiger partial charge is 0.350 e. The second kappa shape index (κ2) is 6.22. The fourth-order valence-electron chi connectivity index (χ4n) is 3.64. The second-order valence-corrected chi connectivity index (χ2v) is 8.06. The molecular weight excluding hydrogens is 304 g/mol. The van der Waals surface area contributed by atoms with Crippen LogP contribution in [0.5, 0.6) is 0 Å². The van der Waals surface area contributed by atoms with E-state index in [2.05, 4.69) is 36.9 Å². The van der Waals surface area contributed by atoms with Crippen LogP contribution in [0.2, 0.25) is 0 Å². The van der Waals surface area contributed by atoms with Crippen molar-refractivity contribution >= 4 is 11.8 Å². The summed E-state index contributed by atoms with van der Waals surface area (Å²) in [5.74, 6) is 1.09. The lowest BCUT2D eigenvalue weighted by Gasteiger charge is -2.28. The molecule has 3 rings (SSSR count). The van der Waals surface area contributed by atoms with E-state index >= 15 is 0 Å². The molecule has 1 N–H and O–H groups in total. The van der Waals surface area contributed by atoms with E-state index in [0.29, 0.717) is 6.54 Å². The number of likely N-dealkylation sites (tertiary alicyclic amines) is 1. The highest BCUT2D eigenvalue weighted by Crippen LogP contribution is 2.25.